The van der Waals surface area contributed by atoms with Crippen LogP contribution in [0.4, 0.5) is 0 Å². The highest BCUT2D eigenvalue weighted by Gasteiger charge is 2.22. The zero-order chi connectivity index (χ0) is 20.9. The highest BCUT2D eigenvalue weighted by molar-refractivity contribution is 7.99. The zero-order valence-corrected chi connectivity index (χ0v) is 18.2. The normalized spacial score (nSPS) is 16.0. The quantitative estimate of drug-likeness (QED) is 0.369. The summed E-state index contributed by atoms with van der Waals surface area (Å²) in [5, 5.41) is 10.1. The van der Waals surface area contributed by atoms with E-state index in [2.05, 4.69) is 10.2 Å². The van der Waals surface area contributed by atoms with Crippen LogP contribution in [0.15, 0.2) is 53.7 Å². The summed E-state index contributed by atoms with van der Waals surface area (Å²) in [6, 6.07) is 14.7. The van der Waals surface area contributed by atoms with Crippen LogP contribution in [0.3, 0.4) is 0 Å². The molecule has 1 aliphatic heterocycles. The topological polar surface area (TPSA) is 66.2 Å². The molecular formula is C22H22ClN3O3S. The van der Waals surface area contributed by atoms with Gasteiger partial charge in [0.2, 0.25) is 0 Å². The number of carbonyl (C=O) groups excluding carboxylic acids is 1. The van der Waals surface area contributed by atoms with Crippen LogP contribution in [-0.4, -0.2) is 46.1 Å². The predicted octanol–water partition coefficient (Wildman–Crippen LogP) is 4.76. The maximum atomic E-state index is 12.6. The predicted molar refractivity (Wildman–Crippen MR) is 117 cm³/mol. The number of ether oxygens (including phenoxy) is 2. The Hall–Kier alpha value is -2.35. The third-order valence-electron chi connectivity index (χ3n) is 4.97. The van der Waals surface area contributed by atoms with Gasteiger partial charge in [0.05, 0.1) is 25.5 Å². The smallest absolute Gasteiger partial charge is 0.192 e. The Balaban J connectivity index is 1.53. The lowest BCUT2D eigenvalue weighted by atomic mass is 10.1. The lowest BCUT2D eigenvalue weighted by Gasteiger charge is -2.14. The Bertz CT molecular complexity index is 999. The van der Waals surface area contributed by atoms with E-state index in [1.165, 1.54) is 11.8 Å². The molecule has 3 aromatic rings. The minimum absolute atomic E-state index is 0.0300. The second kappa shape index (κ2) is 9.64. The Morgan fingerprint density at radius 1 is 1.20 bits per heavy atom. The van der Waals surface area contributed by atoms with Gasteiger partial charge in [0.1, 0.15) is 5.75 Å². The number of methoxy groups -OCH3 is 1. The number of hydrogen-bond donors (Lipinski definition) is 0. The van der Waals surface area contributed by atoms with E-state index in [1.807, 2.05) is 28.8 Å². The highest BCUT2D eigenvalue weighted by Crippen LogP contribution is 2.28. The van der Waals surface area contributed by atoms with Crippen molar-refractivity contribution in [2.24, 2.45) is 0 Å². The Morgan fingerprint density at radius 3 is 2.63 bits per heavy atom. The molecule has 2 aromatic carbocycles. The number of ketones is 1. The van der Waals surface area contributed by atoms with Crippen molar-refractivity contribution in [2.45, 2.75) is 30.6 Å². The number of halogens is 1. The maximum absolute atomic E-state index is 12.6. The van der Waals surface area contributed by atoms with Gasteiger partial charge >= 0.3 is 0 Å². The lowest BCUT2D eigenvalue weighted by molar-refractivity contribution is 0.0953. The molecule has 1 aliphatic rings. The van der Waals surface area contributed by atoms with Crippen LogP contribution < -0.4 is 4.74 Å². The van der Waals surface area contributed by atoms with Gasteiger partial charge in [-0.25, -0.2) is 0 Å². The van der Waals surface area contributed by atoms with Crippen LogP contribution in [-0.2, 0) is 11.3 Å². The van der Waals surface area contributed by atoms with Gasteiger partial charge in [0, 0.05) is 22.8 Å². The van der Waals surface area contributed by atoms with Gasteiger partial charge in [-0.3, -0.25) is 9.36 Å². The lowest BCUT2D eigenvalue weighted by Crippen LogP contribution is -2.17. The minimum Gasteiger partial charge on any atom is -0.497 e. The molecule has 0 spiro atoms. The van der Waals surface area contributed by atoms with Gasteiger partial charge in [-0.1, -0.05) is 23.4 Å². The fraction of sp³-hybridized carbons (Fsp3) is 0.318. The molecule has 1 fully saturated rings. The number of aromatic nitrogens is 3. The van der Waals surface area contributed by atoms with Crippen molar-refractivity contribution in [2.75, 3.05) is 19.5 Å². The molecule has 6 nitrogen and oxygen atoms in total. The number of rotatable bonds is 8. The van der Waals surface area contributed by atoms with E-state index in [4.69, 9.17) is 21.1 Å². The van der Waals surface area contributed by atoms with Crippen molar-refractivity contribution >= 4 is 29.1 Å². The molecule has 4 rings (SSSR count). The summed E-state index contributed by atoms with van der Waals surface area (Å²) in [5.41, 5.74) is 1.57. The first kappa shape index (κ1) is 20.9. The second-order valence-electron chi connectivity index (χ2n) is 7.00. The van der Waals surface area contributed by atoms with Gasteiger partial charge in [-0.05, 0) is 61.4 Å². The van der Waals surface area contributed by atoms with Crippen LogP contribution in [0, 0.1) is 0 Å². The van der Waals surface area contributed by atoms with Crippen molar-refractivity contribution in [1.29, 1.82) is 0 Å². The van der Waals surface area contributed by atoms with Gasteiger partial charge in [-0.15, -0.1) is 10.2 Å². The summed E-state index contributed by atoms with van der Waals surface area (Å²) < 4.78 is 13.0. The molecule has 30 heavy (non-hydrogen) atoms. The molecule has 1 saturated heterocycles. The monoisotopic (exact) mass is 443 g/mol. The summed E-state index contributed by atoms with van der Waals surface area (Å²) in [5.74, 6) is 1.78. The van der Waals surface area contributed by atoms with Crippen LogP contribution in [0.5, 0.6) is 5.75 Å². The van der Waals surface area contributed by atoms with Crippen molar-refractivity contribution < 1.29 is 14.3 Å². The standard InChI is InChI=1S/C22H22ClN3O3S/c1-28-18-10-6-15(7-11-18)20(27)14-30-22-25-24-21(16-4-8-17(23)9-5-16)26(22)13-19-3-2-12-29-19/h4-11,19H,2-3,12-14H2,1H3/t19-/m1/s1. The molecule has 1 atom stereocenters. The van der Waals surface area contributed by atoms with E-state index in [9.17, 15) is 4.79 Å². The first-order chi connectivity index (χ1) is 14.6. The number of benzene rings is 2. The van der Waals surface area contributed by atoms with E-state index in [-0.39, 0.29) is 17.6 Å². The third kappa shape index (κ3) is 4.86. The molecule has 1 aromatic heterocycles. The number of carbonyl (C=O) groups is 1. The number of hydrogen-bond acceptors (Lipinski definition) is 6. The molecule has 2 heterocycles. The van der Waals surface area contributed by atoms with Crippen LogP contribution in [0.1, 0.15) is 23.2 Å². The van der Waals surface area contributed by atoms with Crippen LogP contribution in [0.2, 0.25) is 5.02 Å². The molecule has 0 radical (unpaired) electrons. The summed E-state index contributed by atoms with van der Waals surface area (Å²) >= 11 is 7.42. The van der Waals surface area contributed by atoms with E-state index < -0.39 is 0 Å². The van der Waals surface area contributed by atoms with Crippen molar-refractivity contribution in [3.05, 3.63) is 59.1 Å². The summed E-state index contributed by atoms with van der Waals surface area (Å²) in [6.45, 7) is 1.44. The first-order valence-electron chi connectivity index (χ1n) is 9.75. The number of nitrogens with zero attached hydrogens (tertiary/aromatic N) is 3. The third-order valence-corrected chi connectivity index (χ3v) is 6.19. The molecule has 0 aliphatic carbocycles. The van der Waals surface area contributed by atoms with Gasteiger partial charge < -0.3 is 9.47 Å². The Labute approximate surface area is 184 Å². The SMILES string of the molecule is COc1ccc(C(=O)CSc2nnc(-c3ccc(Cl)cc3)n2C[C@H]2CCCO2)cc1. The fourth-order valence-electron chi connectivity index (χ4n) is 3.35. The van der Waals surface area contributed by atoms with Crippen LogP contribution >= 0.6 is 23.4 Å². The first-order valence-corrected chi connectivity index (χ1v) is 11.1. The van der Waals surface area contributed by atoms with E-state index in [0.717, 1.165) is 36.6 Å². The minimum atomic E-state index is 0.0300. The van der Waals surface area contributed by atoms with Gasteiger partial charge in [0.15, 0.2) is 16.8 Å². The largest absolute Gasteiger partial charge is 0.497 e. The maximum Gasteiger partial charge on any atom is 0.192 e. The highest BCUT2D eigenvalue weighted by atomic mass is 35.5. The number of thioether (sulfide) groups is 1. The molecule has 0 unspecified atom stereocenters. The zero-order valence-electron chi connectivity index (χ0n) is 16.6. The van der Waals surface area contributed by atoms with Crippen molar-refractivity contribution in [3.8, 4) is 17.1 Å². The van der Waals surface area contributed by atoms with E-state index >= 15 is 0 Å². The molecule has 8 heteroatoms. The van der Waals surface area contributed by atoms with Crippen molar-refractivity contribution in [1.82, 2.24) is 14.8 Å². The average Bonchev–Trinajstić information content (AvgIpc) is 3.43. The van der Waals surface area contributed by atoms with Gasteiger partial charge in [0.25, 0.3) is 0 Å². The van der Waals surface area contributed by atoms with Gasteiger partial charge in [-0.2, -0.15) is 0 Å². The average molecular weight is 444 g/mol. The molecular weight excluding hydrogens is 422 g/mol. The molecule has 0 bridgehead atoms. The number of Topliss-reactive ketones (excluding diaryl/α,β-unsaturated/α-hetero) is 1. The summed E-state index contributed by atoms with van der Waals surface area (Å²) in [4.78, 5) is 12.6. The molecule has 0 saturated carbocycles. The Kier molecular flexibility index (Phi) is 6.72. The van der Waals surface area contributed by atoms with Crippen LogP contribution in [0.25, 0.3) is 11.4 Å². The molecule has 156 valence electrons. The molecule has 0 N–H and O–H groups in total. The fourth-order valence-corrected chi connectivity index (χ4v) is 4.32. The van der Waals surface area contributed by atoms with E-state index in [1.54, 1.807) is 31.4 Å². The van der Waals surface area contributed by atoms with Crippen molar-refractivity contribution in [3.63, 3.8) is 0 Å². The summed E-state index contributed by atoms with van der Waals surface area (Å²) in [6.07, 6.45) is 2.19. The molecule has 0 amide bonds. The second-order valence-corrected chi connectivity index (χ2v) is 8.38. The van der Waals surface area contributed by atoms with E-state index in [0.29, 0.717) is 22.3 Å². The Morgan fingerprint density at radius 2 is 1.97 bits per heavy atom. The summed E-state index contributed by atoms with van der Waals surface area (Å²) in [7, 11) is 1.60.